The highest BCUT2D eigenvalue weighted by Gasteiger charge is 2.37. The predicted octanol–water partition coefficient (Wildman–Crippen LogP) is 3.23. The zero-order chi connectivity index (χ0) is 19.6. The number of hydrogen-bond donors (Lipinski definition) is 1. The normalized spacial score (nSPS) is 14.1. The van der Waals surface area contributed by atoms with E-state index < -0.39 is 11.9 Å². The fourth-order valence-corrected chi connectivity index (χ4v) is 2.81. The van der Waals surface area contributed by atoms with E-state index in [2.05, 4.69) is 10.4 Å². The maximum atomic E-state index is 12.9. The molecular weight excluding hydrogens is 363 g/mol. The van der Waals surface area contributed by atoms with Crippen LogP contribution in [0.5, 0.6) is 11.5 Å². The highest BCUT2D eigenvalue weighted by molar-refractivity contribution is 5.97. The molecule has 0 radical (unpaired) electrons. The quantitative estimate of drug-likeness (QED) is 0.797. The van der Waals surface area contributed by atoms with Gasteiger partial charge < -0.3 is 14.8 Å². The van der Waals surface area contributed by atoms with Gasteiger partial charge in [0.25, 0.3) is 5.91 Å². The second kappa shape index (κ2) is 7.50. The molecule has 0 saturated heterocycles. The second-order valence-corrected chi connectivity index (χ2v) is 6.27. The summed E-state index contributed by atoms with van der Waals surface area (Å²) in [6.45, 7) is 0.304. The zero-order valence-electron chi connectivity index (χ0n) is 15.0. The lowest BCUT2D eigenvalue weighted by Gasteiger charge is -2.11. The first-order chi connectivity index (χ1) is 12.8. The second-order valence-electron chi connectivity index (χ2n) is 6.27. The monoisotopic (exact) mass is 383 g/mol. The van der Waals surface area contributed by atoms with Crippen LogP contribution in [0.15, 0.2) is 24.3 Å². The molecule has 0 atom stereocenters. The van der Waals surface area contributed by atoms with Crippen molar-refractivity contribution in [2.24, 2.45) is 0 Å². The molecule has 6 nitrogen and oxygen atoms in total. The number of carbonyl (C=O) groups is 1. The average molecular weight is 383 g/mol. The van der Waals surface area contributed by atoms with Gasteiger partial charge in [-0.05, 0) is 31.0 Å². The van der Waals surface area contributed by atoms with E-state index in [0.717, 1.165) is 18.9 Å². The third-order valence-electron chi connectivity index (χ3n) is 4.36. The van der Waals surface area contributed by atoms with Gasteiger partial charge in [-0.1, -0.05) is 0 Å². The van der Waals surface area contributed by atoms with Crippen molar-refractivity contribution in [1.29, 1.82) is 0 Å². The molecule has 0 bridgehead atoms. The van der Waals surface area contributed by atoms with Gasteiger partial charge in [0, 0.05) is 24.2 Å². The van der Waals surface area contributed by atoms with Crippen LogP contribution in [0.4, 0.5) is 13.2 Å². The zero-order valence-corrected chi connectivity index (χ0v) is 15.0. The van der Waals surface area contributed by atoms with E-state index in [0.29, 0.717) is 22.8 Å². The summed E-state index contributed by atoms with van der Waals surface area (Å²) in [5, 5.41) is 6.36. The molecule has 1 aromatic carbocycles. The summed E-state index contributed by atoms with van der Waals surface area (Å²) in [6, 6.07) is 5.89. The Morgan fingerprint density at radius 1 is 1.26 bits per heavy atom. The lowest BCUT2D eigenvalue weighted by atomic mass is 10.1. The summed E-state index contributed by atoms with van der Waals surface area (Å²) in [6.07, 6.45) is -2.76. The van der Waals surface area contributed by atoms with Crippen LogP contribution < -0.4 is 14.8 Å². The molecule has 0 unspecified atom stereocenters. The van der Waals surface area contributed by atoms with Crippen LogP contribution >= 0.6 is 0 Å². The first-order valence-corrected chi connectivity index (χ1v) is 8.48. The van der Waals surface area contributed by atoms with Crippen molar-refractivity contribution in [3.8, 4) is 11.5 Å². The molecule has 1 aliphatic carbocycles. The van der Waals surface area contributed by atoms with Crippen molar-refractivity contribution in [1.82, 2.24) is 15.1 Å². The van der Waals surface area contributed by atoms with Gasteiger partial charge in [0.05, 0.1) is 26.3 Å². The van der Waals surface area contributed by atoms with Gasteiger partial charge in [0.1, 0.15) is 11.5 Å². The molecule has 2 aromatic rings. The molecule has 1 heterocycles. The summed E-state index contributed by atoms with van der Waals surface area (Å²) in [4.78, 5) is 12.4. The number of nitrogens with one attached hydrogen (secondary N) is 1. The minimum atomic E-state index is -4.48. The molecule has 1 aliphatic rings. The number of rotatable bonds is 7. The third-order valence-corrected chi connectivity index (χ3v) is 4.36. The molecule has 1 fully saturated rings. The first-order valence-electron chi connectivity index (χ1n) is 8.48. The van der Waals surface area contributed by atoms with Crippen molar-refractivity contribution in [2.75, 3.05) is 20.8 Å². The molecule has 1 amide bonds. The minimum absolute atomic E-state index is 0.117. The fraction of sp³-hybridized carbons (Fsp3) is 0.444. The van der Waals surface area contributed by atoms with E-state index >= 15 is 0 Å². The van der Waals surface area contributed by atoms with Gasteiger partial charge in [-0.15, -0.1) is 0 Å². The number of benzene rings is 1. The SMILES string of the molecule is COc1ccc(C(=O)NCCn2nc(C(F)(F)F)cc2C2CC2)c(OC)c1. The number of ether oxygens (including phenoxy) is 2. The van der Waals surface area contributed by atoms with Crippen LogP contribution in [0, 0.1) is 0 Å². The number of hydrogen-bond acceptors (Lipinski definition) is 4. The first kappa shape index (κ1) is 19.1. The smallest absolute Gasteiger partial charge is 0.435 e. The molecule has 1 N–H and O–H groups in total. The number of nitrogens with zero attached hydrogens (tertiary/aromatic N) is 2. The van der Waals surface area contributed by atoms with Crippen LogP contribution in [0.2, 0.25) is 0 Å². The average Bonchev–Trinajstić information content (AvgIpc) is 3.39. The molecule has 0 aliphatic heterocycles. The highest BCUT2D eigenvalue weighted by Crippen LogP contribution is 2.42. The van der Waals surface area contributed by atoms with Gasteiger partial charge in [-0.3, -0.25) is 9.48 Å². The number of methoxy groups -OCH3 is 2. The maximum Gasteiger partial charge on any atom is 0.435 e. The Labute approximate surface area is 154 Å². The summed E-state index contributed by atoms with van der Waals surface area (Å²) in [5.41, 5.74) is -0.0108. The van der Waals surface area contributed by atoms with E-state index in [9.17, 15) is 18.0 Å². The standard InChI is InChI=1S/C18H20F3N3O3/c1-26-12-5-6-13(15(9-12)27-2)17(25)22-7-8-24-14(11-3-4-11)10-16(23-24)18(19,20)21/h5-6,9-11H,3-4,7-8H2,1-2H3,(H,22,25). The Kier molecular flexibility index (Phi) is 5.29. The number of alkyl halides is 3. The Morgan fingerprint density at radius 2 is 2.00 bits per heavy atom. The van der Waals surface area contributed by atoms with Crippen LogP contribution in [0.1, 0.15) is 40.5 Å². The van der Waals surface area contributed by atoms with E-state index in [1.807, 2.05) is 0 Å². The van der Waals surface area contributed by atoms with Crippen LogP contribution in [-0.4, -0.2) is 36.5 Å². The Morgan fingerprint density at radius 3 is 2.59 bits per heavy atom. The number of aromatic nitrogens is 2. The van der Waals surface area contributed by atoms with E-state index in [4.69, 9.17) is 9.47 Å². The van der Waals surface area contributed by atoms with Crippen molar-refractivity contribution in [3.63, 3.8) is 0 Å². The fourth-order valence-electron chi connectivity index (χ4n) is 2.81. The van der Waals surface area contributed by atoms with Gasteiger partial charge in [0.15, 0.2) is 5.69 Å². The predicted molar refractivity (Wildman–Crippen MR) is 91.1 cm³/mol. The largest absolute Gasteiger partial charge is 0.497 e. The Hall–Kier alpha value is -2.71. The van der Waals surface area contributed by atoms with Crippen LogP contribution in [0.3, 0.4) is 0 Å². The van der Waals surface area contributed by atoms with Crippen LogP contribution in [0.25, 0.3) is 0 Å². The molecular formula is C18H20F3N3O3. The molecule has 1 aromatic heterocycles. The maximum absolute atomic E-state index is 12.9. The lowest BCUT2D eigenvalue weighted by Crippen LogP contribution is -2.28. The summed E-state index contributed by atoms with van der Waals surface area (Å²) >= 11 is 0. The number of halogens is 3. The van der Waals surface area contributed by atoms with Gasteiger partial charge in [0.2, 0.25) is 0 Å². The lowest BCUT2D eigenvalue weighted by molar-refractivity contribution is -0.141. The van der Waals surface area contributed by atoms with E-state index in [-0.39, 0.29) is 24.9 Å². The Balaban J connectivity index is 1.66. The van der Waals surface area contributed by atoms with Gasteiger partial charge in [-0.2, -0.15) is 18.3 Å². The van der Waals surface area contributed by atoms with Crippen molar-refractivity contribution in [2.45, 2.75) is 31.5 Å². The van der Waals surface area contributed by atoms with Gasteiger partial charge in [-0.25, -0.2) is 0 Å². The molecule has 3 rings (SSSR count). The van der Waals surface area contributed by atoms with Crippen molar-refractivity contribution < 1.29 is 27.4 Å². The van der Waals surface area contributed by atoms with Gasteiger partial charge >= 0.3 is 6.18 Å². The third kappa shape index (κ3) is 4.35. The molecule has 0 spiro atoms. The van der Waals surface area contributed by atoms with E-state index in [1.54, 1.807) is 18.2 Å². The number of carbonyl (C=O) groups excluding carboxylic acids is 1. The summed E-state index contributed by atoms with van der Waals surface area (Å²) in [7, 11) is 2.95. The van der Waals surface area contributed by atoms with Crippen molar-refractivity contribution in [3.05, 3.63) is 41.2 Å². The molecule has 27 heavy (non-hydrogen) atoms. The van der Waals surface area contributed by atoms with Crippen molar-refractivity contribution >= 4 is 5.91 Å². The van der Waals surface area contributed by atoms with E-state index in [1.165, 1.54) is 18.9 Å². The topological polar surface area (TPSA) is 65.4 Å². The molecule has 9 heteroatoms. The highest BCUT2D eigenvalue weighted by atomic mass is 19.4. The molecule has 146 valence electrons. The minimum Gasteiger partial charge on any atom is -0.497 e. The summed E-state index contributed by atoms with van der Waals surface area (Å²) in [5.74, 6) is 0.634. The number of amides is 1. The molecule has 1 saturated carbocycles. The van der Waals surface area contributed by atoms with Crippen LogP contribution in [-0.2, 0) is 12.7 Å². The summed E-state index contributed by atoms with van der Waals surface area (Å²) < 4.78 is 50.4. The Bertz CT molecular complexity index is 829.